The number of aromatic amines is 1. The van der Waals surface area contributed by atoms with Crippen molar-refractivity contribution in [2.45, 2.75) is 57.2 Å². The maximum Gasteiger partial charge on any atom is 0.288 e. The third kappa shape index (κ3) is 4.93. The summed E-state index contributed by atoms with van der Waals surface area (Å²) in [6.45, 7) is 0.969. The lowest BCUT2D eigenvalue weighted by Crippen LogP contribution is -2.53. The van der Waals surface area contributed by atoms with Crippen LogP contribution in [0.4, 0.5) is 0 Å². The van der Waals surface area contributed by atoms with E-state index < -0.39 is 35.6 Å². The van der Waals surface area contributed by atoms with Gasteiger partial charge in [-0.05, 0) is 62.6 Å². The summed E-state index contributed by atoms with van der Waals surface area (Å²) >= 11 is 0. The number of amides is 4. The number of Topliss-reactive ketones (excluding diaryl/α,β-unsaturated/α-hetero) is 1. The largest absolute Gasteiger partial charge is 0.496 e. The lowest BCUT2D eigenvalue weighted by atomic mass is 9.88. The minimum absolute atomic E-state index is 0.0351. The van der Waals surface area contributed by atoms with Crippen LogP contribution in [0.1, 0.15) is 55.4 Å². The van der Waals surface area contributed by atoms with Gasteiger partial charge in [0.2, 0.25) is 17.6 Å². The number of rotatable bonds is 9. The molecule has 2 saturated heterocycles. The maximum atomic E-state index is 13.8. The molecule has 6 rings (SSSR count). The lowest BCUT2D eigenvalue weighted by molar-refractivity contribution is -0.145. The number of hydrogen-bond acceptors (Lipinski definition) is 6. The molecule has 0 spiro atoms. The molecule has 1 aromatic carbocycles. The Balaban J connectivity index is 1.25. The fourth-order valence-electron chi connectivity index (χ4n) is 6.65. The Morgan fingerprint density at radius 2 is 1.93 bits per heavy atom. The van der Waals surface area contributed by atoms with E-state index in [2.05, 4.69) is 20.9 Å². The van der Waals surface area contributed by atoms with Crippen molar-refractivity contribution < 1.29 is 28.7 Å². The molecule has 2 aliphatic heterocycles. The van der Waals surface area contributed by atoms with Gasteiger partial charge in [0.15, 0.2) is 0 Å². The van der Waals surface area contributed by atoms with E-state index >= 15 is 0 Å². The quantitative estimate of drug-likeness (QED) is 0.275. The molecule has 212 valence electrons. The van der Waals surface area contributed by atoms with Gasteiger partial charge in [-0.25, -0.2) is 0 Å². The Bertz CT molecular complexity index is 1370. The van der Waals surface area contributed by atoms with Crippen molar-refractivity contribution in [1.29, 1.82) is 0 Å². The third-order valence-electron chi connectivity index (χ3n) is 8.97. The number of hydrogen-bond donors (Lipinski definition) is 4. The molecule has 40 heavy (non-hydrogen) atoms. The van der Waals surface area contributed by atoms with Gasteiger partial charge in [-0.1, -0.05) is 12.5 Å². The minimum Gasteiger partial charge on any atom is -0.496 e. The van der Waals surface area contributed by atoms with Crippen LogP contribution in [0.3, 0.4) is 0 Å². The molecule has 11 heteroatoms. The number of aromatic nitrogens is 1. The predicted octanol–water partition coefficient (Wildman–Crippen LogP) is 1.48. The zero-order chi connectivity index (χ0) is 28.0. The number of nitrogens with one attached hydrogen (secondary N) is 4. The van der Waals surface area contributed by atoms with Crippen molar-refractivity contribution in [1.82, 2.24) is 25.8 Å². The van der Waals surface area contributed by atoms with Crippen LogP contribution in [0.25, 0.3) is 10.9 Å². The van der Waals surface area contributed by atoms with Crippen molar-refractivity contribution >= 4 is 40.3 Å². The van der Waals surface area contributed by atoms with Gasteiger partial charge in [-0.2, -0.15) is 0 Å². The number of ketones is 1. The Morgan fingerprint density at radius 3 is 2.65 bits per heavy atom. The van der Waals surface area contributed by atoms with Crippen LogP contribution in [0.5, 0.6) is 5.75 Å². The standard InChI is InChI=1S/C29H35N5O6/c1-40-23-7-3-6-21-19(23)13-22(32-21)29(39)34-14-16-4-2-5-18(16)25(34)33-27(37)20(12-15-10-11-30-26(15)36)24(35)28(38)31-17-8-9-17/h3,6-7,13,15-18,20,25,32H,2,4-5,8-12,14H2,1H3,(H,30,36)(H,31,38)(H,33,37)/t15-,16+,18+,20?,25+/m1/s1. The summed E-state index contributed by atoms with van der Waals surface area (Å²) < 4.78 is 5.44. The summed E-state index contributed by atoms with van der Waals surface area (Å²) in [5, 5.41) is 9.20. The molecule has 3 heterocycles. The number of benzene rings is 1. The second-order valence-electron chi connectivity index (χ2n) is 11.5. The Morgan fingerprint density at radius 1 is 1.10 bits per heavy atom. The van der Waals surface area contributed by atoms with E-state index in [-0.39, 0.29) is 36.1 Å². The molecule has 4 fully saturated rings. The molecule has 1 aromatic heterocycles. The summed E-state index contributed by atoms with van der Waals surface area (Å²) in [7, 11) is 1.58. The molecule has 4 aliphatic rings. The topological polar surface area (TPSA) is 150 Å². The van der Waals surface area contributed by atoms with E-state index in [9.17, 15) is 24.0 Å². The van der Waals surface area contributed by atoms with Crippen LogP contribution >= 0.6 is 0 Å². The van der Waals surface area contributed by atoms with E-state index in [1.165, 1.54) is 0 Å². The van der Waals surface area contributed by atoms with Gasteiger partial charge in [0.1, 0.15) is 23.5 Å². The van der Waals surface area contributed by atoms with Gasteiger partial charge >= 0.3 is 0 Å². The number of methoxy groups -OCH3 is 1. The Labute approximate surface area is 231 Å². The van der Waals surface area contributed by atoms with E-state index in [1.54, 1.807) is 18.1 Å². The first-order valence-electron chi connectivity index (χ1n) is 14.2. The predicted molar refractivity (Wildman–Crippen MR) is 144 cm³/mol. The van der Waals surface area contributed by atoms with E-state index in [0.29, 0.717) is 31.0 Å². The number of likely N-dealkylation sites (tertiary alicyclic amines) is 1. The third-order valence-corrected chi connectivity index (χ3v) is 8.97. The highest BCUT2D eigenvalue weighted by Crippen LogP contribution is 2.42. The second-order valence-corrected chi connectivity index (χ2v) is 11.5. The first kappa shape index (κ1) is 26.3. The SMILES string of the molecule is COc1cccc2[nH]c(C(=O)N3C[C@@H]4CCC[C@@H]4[C@H]3NC(=O)C(C[C@H]3CCNC3=O)C(=O)C(=O)NC3CC3)cc12. The Kier molecular flexibility index (Phi) is 6.97. The number of H-pyrrole nitrogens is 1. The van der Waals surface area contributed by atoms with E-state index in [1.807, 2.05) is 18.2 Å². The van der Waals surface area contributed by atoms with Crippen molar-refractivity contribution in [3.05, 3.63) is 30.0 Å². The molecule has 4 N–H and O–H groups in total. The fraction of sp³-hybridized carbons (Fsp3) is 0.552. The summed E-state index contributed by atoms with van der Waals surface area (Å²) in [5.74, 6) is -3.56. The molecule has 0 bridgehead atoms. The number of ether oxygens (including phenoxy) is 1. The number of carbonyl (C=O) groups is 5. The van der Waals surface area contributed by atoms with Crippen LogP contribution in [-0.4, -0.2) is 71.7 Å². The van der Waals surface area contributed by atoms with Gasteiger partial charge in [0, 0.05) is 41.9 Å². The zero-order valence-electron chi connectivity index (χ0n) is 22.5. The zero-order valence-corrected chi connectivity index (χ0v) is 22.5. The van der Waals surface area contributed by atoms with Crippen LogP contribution in [0, 0.1) is 23.7 Å². The first-order chi connectivity index (χ1) is 19.3. The number of carbonyl (C=O) groups excluding carboxylic acids is 5. The Hall–Kier alpha value is -3.89. The highest BCUT2D eigenvalue weighted by atomic mass is 16.5. The van der Waals surface area contributed by atoms with Gasteiger partial charge in [0.25, 0.3) is 11.8 Å². The smallest absolute Gasteiger partial charge is 0.288 e. The summed E-state index contributed by atoms with van der Waals surface area (Å²) in [5.41, 5.74) is 1.16. The van der Waals surface area contributed by atoms with Crippen LogP contribution in [-0.2, 0) is 19.2 Å². The molecule has 11 nitrogen and oxygen atoms in total. The molecule has 0 radical (unpaired) electrons. The van der Waals surface area contributed by atoms with Crippen LogP contribution < -0.4 is 20.7 Å². The average molecular weight is 550 g/mol. The van der Waals surface area contributed by atoms with E-state index in [0.717, 1.165) is 43.0 Å². The monoisotopic (exact) mass is 549 g/mol. The van der Waals surface area contributed by atoms with Crippen LogP contribution in [0.15, 0.2) is 24.3 Å². The summed E-state index contributed by atoms with van der Waals surface area (Å²) in [6.07, 6.45) is 4.28. The van der Waals surface area contributed by atoms with Gasteiger partial charge in [-0.15, -0.1) is 0 Å². The highest BCUT2D eigenvalue weighted by molar-refractivity contribution is 6.40. The van der Waals surface area contributed by atoms with Crippen molar-refractivity contribution in [3.63, 3.8) is 0 Å². The number of fused-ring (bicyclic) bond motifs is 2. The minimum atomic E-state index is -1.30. The molecular weight excluding hydrogens is 514 g/mol. The van der Waals surface area contributed by atoms with Crippen molar-refractivity contribution in [2.24, 2.45) is 23.7 Å². The van der Waals surface area contributed by atoms with Gasteiger partial charge in [-0.3, -0.25) is 24.0 Å². The number of nitrogens with zero attached hydrogens (tertiary/aromatic N) is 1. The van der Waals surface area contributed by atoms with Crippen LogP contribution in [0.2, 0.25) is 0 Å². The van der Waals surface area contributed by atoms with E-state index in [4.69, 9.17) is 4.74 Å². The first-order valence-corrected chi connectivity index (χ1v) is 14.2. The van der Waals surface area contributed by atoms with Gasteiger partial charge < -0.3 is 30.6 Å². The molecule has 2 aromatic rings. The molecule has 5 atom stereocenters. The molecule has 1 unspecified atom stereocenters. The van der Waals surface area contributed by atoms with Crippen molar-refractivity contribution in [2.75, 3.05) is 20.2 Å². The van der Waals surface area contributed by atoms with Crippen molar-refractivity contribution in [3.8, 4) is 5.75 Å². The molecular formula is C29H35N5O6. The second kappa shape index (κ2) is 10.6. The maximum absolute atomic E-state index is 13.8. The summed E-state index contributed by atoms with van der Waals surface area (Å²) in [6, 6.07) is 7.27. The normalized spacial score (nSPS) is 26.3. The lowest BCUT2D eigenvalue weighted by Gasteiger charge is -2.30. The summed E-state index contributed by atoms with van der Waals surface area (Å²) in [4.78, 5) is 70.7. The molecule has 2 aliphatic carbocycles. The molecule has 2 saturated carbocycles. The van der Waals surface area contributed by atoms with Gasteiger partial charge in [0.05, 0.1) is 7.11 Å². The average Bonchev–Trinajstić information content (AvgIpc) is 3.30. The fourth-order valence-corrected chi connectivity index (χ4v) is 6.65. The molecule has 4 amide bonds. The highest BCUT2D eigenvalue weighted by Gasteiger charge is 2.48.